The predicted octanol–water partition coefficient (Wildman–Crippen LogP) is 2.93. The number of carbonyl (C=O) groups is 3. The first-order valence-corrected chi connectivity index (χ1v) is 11.0. The van der Waals surface area contributed by atoms with E-state index in [0.29, 0.717) is 26.1 Å². The number of carbonyl (C=O) groups excluding carboxylic acids is 3. The zero-order valence-electron chi connectivity index (χ0n) is 18.4. The Hall–Kier alpha value is -2.37. The third kappa shape index (κ3) is 3.61. The lowest BCUT2D eigenvalue weighted by Crippen LogP contribution is -2.53. The summed E-state index contributed by atoms with van der Waals surface area (Å²) >= 11 is 0. The highest BCUT2D eigenvalue weighted by atomic mass is 16.6. The molecule has 3 aliphatic rings. The number of esters is 1. The number of likely N-dealkylation sites (tertiary alicyclic amines) is 1. The van der Waals surface area contributed by atoms with E-state index in [2.05, 4.69) is 0 Å². The van der Waals surface area contributed by atoms with E-state index in [4.69, 9.17) is 4.74 Å². The van der Waals surface area contributed by atoms with Gasteiger partial charge in [-0.05, 0) is 50.7 Å². The van der Waals surface area contributed by atoms with E-state index in [-0.39, 0.29) is 23.7 Å². The molecular weight excluding hydrogens is 380 g/mol. The molecule has 30 heavy (non-hydrogen) atoms. The van der Waals surface area contributed by atoms with Crippen molar-refractivity contribution >= 4 is 17.8 Å². The summed E-state index contributed by atoms with van der Waals surface area (Å²) in [5, 5.41) is 0. The van der Waals surface area contributed by atoms with Crippen LogP contribution in [-0.4, -0.2) is 52.3 Å². The molecule has 0 aromatic heterocycles. The van der Waals surface area contributed by atoms with Crippen LogP contribution >= 0.6 is 0 Å². The van der Waals surface area contributed by atoms with Gasteiger partial charge in [-0.3, -0.25) is 14.4 Å². The maximum absolute atomic E-state index is 13.6. The van der Waals surface area contributed by atoms with E-state index in [0.717, 1.165) is 30.4 Å². The summed E-state index contributed by atoms with van der Waals surface area (Å²) in [6, 6.07) is 7.48. The van der Waals surface area contributed by atoms with Gasteiger partial charge in [0.2, 0.25) is 11.8 Å². The van der Waals surface area contributed by atoms with E-state index < -0.39 is 17.1 Å². The average Bonchev–Trinajstić information content (AvgIpc) is 3.23. The molecule has 6 nitrogen and oxygen atoms in total. The molecule has 2 fully saturated rings. The van der Waals surface area contributed by atoms with Crippen molar-refractivity contribution in [3.8, 4) is 0 Å². The van der Waals surface area contributed by atoms with Gasteiger partial charge in [-0.25, -0.2) is 0 Å². The molecule has 1 aromatic carbocycles. The molecule has 0 spiro atoms. The average molecular weight is 413 g/mol. The fraction of sp³-hybridized carbons (Fsp3) is 0.625. The summed E-state index contributed by atoms with van der Waals surface area (Å²) in [6.07, 6.45) is 3.21. The Labute approximate surface area is 178 Å². The molecule has 6 heteroatoms. The zero-order chi connectivity index (χ0) is 21.7. The number of hydrogen-bond donors (Lipinski definition) is 0. The normalized spacial score (nSPS) is 28.1. The monoisotopic (exact) mass is 412 g/mol. The predicted molar refractivity (Wildman–Crippen MR) is 112 cm³/mol. The SMILES string of the molecule is CC(=O)N1Cc2ccccc2C[C@H]1C(=O)N1C[C@@H]2CCC[C@@]2(C(=O)OC(C)(C)C)C1. The standard InChI is InChI=1S/C24H32N2O4/c1-16(27)26-13-18-9-6-5-8-17(18)12-20(26)21(28)25-14-19-10-7-11-24(19,15-25)22(29)30-23(2,3)4/h5-6,8-9,19-20H,7,10-15H2,1-4H3/t19-,20-,24+/m0/s1. The molecule has 2 aliphatic heterocycles. The van der Waals surface area contributed by atoms with Crippen LogP contribution in [0.15, 0.2) is 24.3 Å². The fourth-order valence-corrected chi connectivity index (χ4v) is 5.46. The van der Waals surface area contributed by atoms with Gasteiger partial charge in [-0.2, -0.15) is 0 Å². The second-order valence-corrected chi connectivity index (χ2v) is 10.1. The van der Waals surface area contributed by atoms with Crippen LogP contribution in [0.4, 0.5) is 0 Å². The molecule has 1 aliphatic carbocycles. The van der Waals surface area contributed by atoms with Gasteiger partial charge >= 0.3 is 5.97 Å². The molecule has 2 amide bonds. The lowest BCUT2D eigenvalue weighted by atomic mass is 9.80. The van der Waals surface area contributed by atoms with Crippen molar-refractivity contribution in [1.82, 2.24) is 9.80 Å². The summed E-state index contributed by atoms with van der Waals surface area (Å²) < 4.78 is 5.76. The third-order valence-corrected chi connectivity index (χ3v) is 6.93. The Bertz CT molecular complexity index is 874. The second kappa shape index (κ2) is 7.40. The molecule has 162 valence electrons. The number of nitrogens with zero attached hydrogens (tertiary/aromatic N) is 2. The van der Waals surface area contributed by atoms with Crippen LogP contribution in [0.5, 0.6) is 0 Å². The number of ether oxygens (including phenoxy) is 1. The van der Waals surface area contributed by atoms with Crippen molar-refractivity contribution in [1.29, 1.82) is 0 Å². The summed E-state index contributed by atoms with van der Waals surface area (Å²) in [6.45, 7) is 8.59. The first-order valence-electron chi connectivity index (χ1n) is 11.0. The van der Waals surface area contributed by atoms with Crippen LogP contribution in [0, 0.1) is 11.3 Å². The fourth-order valence-electron chi connectivity index (χ4n) is 5.46. The molecule has 4 rings (SSSR count). The van der Waals surface area contributed by atoms with Gasteiger partial charge in [0.25, 0.3) is 0 Å². The van der Waals surface area contributed by atoms with E-state index in [9.17, 15) is 14.4 Å². The van der Waals surface area contributed by atoms with Crippen LogP contribution in [-0.2, 0) is 32.1 Å². The number of fused-ring (bicyclic) bond motifs is 2. The molecule has 1 saturated carbocycles. The summed E-state index contributed by atoms with van der Waals surface area (Å²) in [5.41, 5.74) is 1.07. The third-order valence-electron chi connectivity index (χ3n) is 6.93. The molecule has 1 saturated heterocycles. The minimum atomic E-state index is -0.601. The minimum absolute atomic E-state index is 0.0444. The van der Waals surface area contributed by atoms with Crippen LogP contribution < -0.4 is 0 Å². The van der Waals surface area contributed by atoms with Crippen molar-refractivity contribution in [2.24, 2.45) is 11.3 Å². The van der Waals surface area contributed by atoms with Crippen LogP contribution in [0.2, 0.25) is 0 Å². The zero-order valence-corrected chi connectivity index (χ0v) is 18.4. The molecule has 0 unspecified atom stereocenters. The first kappa shape index (κ1) is 20.9. The second-order valence-electron chi connectivity index (χ2n) is 10.1. The molecule has 0 bridgehead atoms. The van der Waals surface area contributed by atoms with Gasteiger partial charge in [0, 0.05) is 33.0 Å². The molecule has 1 aromatic rings. The Morgan fingerprint density at radius 1 is 1.13 bits per heavy atom. The van der Waals surface area contributed by atoms with Gasteiger partial charge in [0.1, 0.15) is 11.6 Å². The van der Waals surface area contributed by atoms with E-state index >= 15 is 0 Å². The Morgan fingerprint density at radius 2 is 1.83 bits per heavy atom. The van der Waals surface area contributed by atoms with Crippen LogP contribution in [0.1, 0.15) is 58.1 Å². The van der Waals surface area contributed by atoms with Crippen LogP contribution in [0.3, 0.4) is 0 Å². The van der Waals surface area contributed by atoms with E-state index in [1.54, 1.807) is 4.90 Å². The Kier molecular flexibility index (Phi) is 5.15. The lowest BCUT2D eigenvalue weighted by molar-refractivity contribution is -0.168. The Balaban J connectivity index is 1.56. The summed E-state index contributed by atoms with van der Waals surface area (Å²) in [4.78, 5) is 42.6. The van der Waals surface area contributed by atoms with Gasteiger partial charge in [-0.1, -0.05) is 30.7 Å². The molecule has 0 N–H and O–H groups in total. The van der Waals surface area contributed by atoms with Gasteiger partial charge in [0.15, 0.2) is 0 Å². The minimum Gasteiger partial charge on any atom is -0.459 e. The highest BCUT2D eigenvalue weighted by Crippen LogP contribution is 2.50. The lowest BCUT2D eigenvalue weighted by Gasteiger charge is -2.37. The van der Waals surface area contributed by atoms with Gasteiger partial charge in [-0.15, -0.1) is 0 Å². The Morgan fingerprint density at radius 3 is 2.50 bits per heavy atom. The van der Waals surface area contributed by atoms with Crippen molar-refractivity contribution in [3.05, 3.63) is 35.4 Å². The van der Waals surface area contributed by atoms with Crippen molar-refractivity contribution in [3.63, 3.8) is 0 Å². The molecule has 0 radical (unpaired) electrons. The largest absolute Gasteiger partial charge is 0.459 e. The highest BCUT2D eigenvalue weighted by molar-refractivity contribution is 5.89. The molecular formula is C24H32N2O4. The maximum Gasteiger partial charge on any atom is 0.314 e. The molecule has 3 atom stereocenters. The number of rotatable bonds is 2. The first-order chi connectivity index (χ1) is 14.1. The van der Waals surface area contributed by atoms with Crippen LogP contribution in [0.25, 0.3) is 0 Å². The number of benzene rings is 1. The van der Waals surface area contributed by atoms with Gasteiger partial charge in [0.05, 0.1) is 5.41 Å². The summed E-state index contributed by atoms with van der Waals surface area (Å²) in [7, 11) is 0. The van der Waals surface area contributed by atoms with Crippen molar-refractivity contribution < 1.29 is 19.1 Å². The summed E-state index contributed by atoms with van der Waals surface area (Å²) in [5.74, 6) is -0.177. The quantitative estimate of drug-likeness (QED) is 0.701. The maximum atomic E-state index is 13.6. The van der Waals surface area contributed by atoms with Crippen molar-refractivity contribution in [2.45, 2.75) is 71.6 Å². The number of hydrogen-bond acceptors (Lipinski definition) is 4. The smallest absolute Gasteiger partial charge is 0.314 e. The van der Waals surface area contributed by atoms with E-state index in [1.807, 2.05) is 49.9 Å². The molecule has 2 heterocycles. The van der Waals surface area contributed by atoms with Crippen molar-refractivity contribution in [2.75, 3.05) is 13.1 Å². The topological polar surface area (TPSA) is 66.9 Å². The van der Waals surface area contributed by atoms with Gasteiger partial charge < -0.3 is 14.5 Å². The number of amides is 2. The van der Waals surface area contributed by atoms with E-state index in [1.165, 1.54) is 6.92 Å². The highest BCUT2D eigenvalue weighted by Gasteiger charge is 2.57.